The van der Waals surface area contributed by atoms with Gasteiger partial charge in [-0.25, -0.2) is 4.39 Å². The first-order valence-electron chi connectivity index (χ1n) is 6.51. The van der Waals surface area contributed by atoms with Crippen LogP contribution in [0.25, 0.3) is 0 Å². The lowest BCUT2D eigenvalue weighted by Crippen LogP contribution is -2.36. The van der Waals surface area contributed by atoms with Gasteiger partial charge in [-0.2, -0.15) is 0 Å². The molecule has 0 aromatic heterocycles. The molecule has 1 rings (SSSR count). The fourth-order valence-electron chi connectivity index (χ4n) is 1.76. The van der Waals surface area contributed by atoms with E-state index in [1.54, 1.807) is 0 Å². The van der Waals surface area contributed by atoms with Gasteiger partial charge in [-0.05, 0) is 18.2 Å². The summed E-state index contributed by atoms with van der Waals surface area (Å²) in [5.41, 5.74) is 5.88. The number of carbonyl (C=O) groups excluding carboxylic acids is 1. The lowest BCUT2D eigenvalue weighted by atomic mass is 10.1. The number of nitrogens with zero attached hydrogens (tertiary/aromatic N) is 1. The molecule has 3 N–H and O–H groups in total. The maximum Gasteiger partial charge on any atom is 0.255 e. The summed E-state index contributed by atoms with van der Waals surface area (Å²) in [6.45, 7) is 0.729. The molecule has 21 heavy (non-hydrogen) atoms. The Bertz CT molecular complexity index is 537. The van der Waals surface area contributed by atoms with E-state index in [2.05, 4.69) is 11.8 Å². The highest BCUT2D eigenvalue weighted by molar-refractivity contribution is 5.96. The van der Waals surface area contributed by atoms with E-state index < -0.39 is 11.7 Å². The van der Waals surface area contributed by atoms with Crippen LogP contribution in [0.15, 0.2) is 18.2 Å². The summed E-state index contributed by atoms with van der Waals surface area (Å²) in [6.07, 6.45) is 0. The number of amides is 1. The van der Waals surface area contributed by atoms with Crippen LogP contribution in [0.4, 0.5) is 4.39 Å². The van der Waals surface area contributed by atoms with Crippen molar-refractivity contribution in [3.63, 3.8) is 0 Å². The van der Waals surface area contributed by atoms with Crippen molar-refractivity contribution in [2.45, 2.75) is 0 Å². The van der Waals surface area contributed by atoms with Gasteiger partial charge in [-0.1, -0.05) is 11.8 Å². The van der Waals surface area contributed by atoms with Gasteiger partial charge in [0.25, 0.3) is 5.91 Å². The second kappa shape index (κ2) is 9.08. The van der Waals surface area contributed by atoms with E-state index in [4.69, 9.17) is 15.6 Å². The van der Waals surface area contributed by atoms with E-state index in [1.807, 2.05) is 0 Å². The number of benzene rings is 1. The Hall–Kier alpha value is -1.94. The fourth-order valence-corrected chi connectivity index (χ4v) is 1.76. The number of carbonyl (C=O) groups is 1. The molecule has 1 aromatic carbocycles. The van der Waals surface area contributed by atoms with Crippen LogP contribution in [0.2, 0.25) is 0 Å². The van der Waals surface area contributed by atoms with Crippen molar-refractivity contribution in [1.82, 2.24) is 4.90 Å². The Morgan fingerprint density at radius 3 is 2.86 bits per heavy atom. The molecule has 0 atom stereocenters. The smallest absolute Gasteiger partial charge is 0.255 e. The van der Waals surface area contributed by atoms with Gasteiger partial charge in [0.2, 0.25) is 0 Å². The van der Waals surface area contributed by atoms with Crippen LogP contribution in [-0.2, 0) is 4.74 Å². The number of rotatable bonds is 6. The minimum Gasteiger partial charge on any atom is -0.395 e. The first-order valence-corrected chi connectivity index (χ1v) is 6.51. The molecule has 114 valence electrons. The number of halogens is 1. The lowest BCUT2D eigenvalue weighted by Gasteiger charge is -2.22. The zero-order valence-corrected chi connectivity index (χ0v) is 11.9. The zero-order chi connectivity index (χ0) is 15.7. The van der Waals surface area contributed by atoms with Gasteiger partial charge in [0.15, 0.2) is 0 Å². The van der Waals surface area contributed by atoms with Crippen molar-refractivity contribution in [3.8, 4) is 11.8 Å². The fraction of sp³-hybridized carbons (Fsp3) is 0.400. The highest BCUT2D eigenvalue weighted by atomic mass is 19.1. The summed E-state index contributed by atoms with van der Waals surface area (Å²) in [5, 5.41) is 9.04. The van der Waals surface area contributed by atoms with Crippen LogP contribution in [-0.4, -0.2) is 55.9 Å². The standard InChI is InChI=1S/C15H19FN2O3/c1-21-10-8-18(7-9-19)15(20)14-11-13(16)5-4-12(14)3-2-6-17/h4-5,11,19H,6-10,17H2,1H3. The molecule has 0 saturated heterocycles. The summed E-state index contributed by atoms with van der Waals surface area (Å²) in [7, 11) is 1.52. The van der Waals surface area contributed by atoms with Gasteiger partial charge in [-0.3, -0.25) is 4.79 Å². The van der Waals surface area contributed by atoms with Gasteiger partial charge in [0, 0.05) is 25.8 Å². The van der Waals surface area contributed by atoms with Crippen LogP contribution >= 0.6 is 0 Å². The van der Waals surface area contributed by atoms with Crippen molar-refractivity contribution in [3.05, 3.63) is 35.1 Å². The molecular formula is C15H19FN2O3. The molecule has 6 heteroatoms. The summed E-state index contributed by atoms with van der Waals surface area (Å²) in [5.74, 6) is 4.47. The van der Waals surface area contributed by atoms with Crippen molar-refractivity contribution in [1.29, 1.82) is 0 Å². The number of methoxy groups -OCH3 is 1. The Morgan fingerprint density at radius 2 is 2.24 bits per heavy atom. The molecule has 0 aliphatic carbocycles. The lowest BCUT2D eigenvalue weighted by molar-refractivity contribution is 0.0655. The molecule has 0 saturated carbocycles. The molecule has 1 aromatic rings. The van der Waals surface area contributed by atoms with E-state index in [-0.39, 0.29) is 25.3 Å². The van der Waals surface area contributed by atoms with Crippen molar-refractivity contribution in [2.24, 2.45) is 5.73 Å². The number of aliphatic hydroxyl groups excluding tert-OH is 1. The quantitative estimate of drug-likeness (QED) is 0.736. The highest BCUT2D eigenvalue weighted by Crippen LogP contribution is 2.13. The molecule has 0 bridgehead atoms. The van der Waals surface area contributed by atoms with Crippen molar-refractivity contribution in [2.75, 3.05) is 40.0 Å². The average molecular weight is 294 g/mol. The molecule has 0 aliphatic heterocycles. The first-order chi connectivity index (χ1) is 10.1. The van der Waals surface area contributed by atoms with Crippen LogP contribution in [0.1, 0.15) is 15.9 Å². The van der Waals surface area contributed by atoms with Gasteiger partial charge in [0.1, 0.15) is 5.82 Å². The summed E-state index contributed by atoms with van der Waals surface area (Å²) in [4.78, 5) is 13.9. The molecule has 0 unspecified atom stereocenters. The maximum absolute atomic E-state index is 13.4. The molecule has 0 spiro atoms. The molecule has 0 fully saturated rings. The monoisotopic (exact) mass is 294 g/mol. The van der Waals surface area contributed by atoms with Crippen LogP contribution in [0.5, 0.6) is 0 Å². The van der Waals surface area contributed by atoms with Crippen molar-refractivity contribution >= 4 is 5.91 Å². The Kier molecular flexibility index (Phi) is 7.40. The Balaban J connectivity index is 3.09. The molecule has 1 amide bonds. The topological polar surface area (TPSA) is 75.8 Å². The molecule has 0 aliphatic rings. The number of aliphatic hydroxyl groups is 1. The zero-order valence-electron chi connectivity index (χ0n) is 11.9. The third-order valence-electron chi connectivity index (χ3n) is 2.76. The van der Waals surface area contributed by atoms with Crippen LogP contribution in [0, 0.1) is 17.7 Å². The van der Waals surface area contributed by atoms with Gasteiger partial charge < -0.3 is 20.5 Å². The van der Waals surface area contributed by atoms with Crippen molar-refractivity contribution < 1.29 is 19.0 Å². The van der Waals surface area contributed by atoms with Gasteiger partial charge >= 0.3 is 0 Å². The second-order valence-electron chi connectivity index (χ2n) is 4.20. The van der Waals surface area contributed by atoms with Gasteiger partial charge in [0.05, 0.1) is 25.3 Å². The van der Waals surface area contributed by atoms with Gasteiger partial charge in [-0.15, -0.1) is 0 Å². The second-order valence-corrected chi connectivity index (χ2v) is 4.20. The highest BCUT2D eigenvalue weighted by Gasteiger charge is 2.18. The number of ether oxygens (including phenoxy) is 1. The van der Waals surface area contributed by atoms with Crippen LogP contribution in [0.3, 0.4) is 0 Å². The van der Waals surface area contributed by atoms with Crippen LogP contribution < -0.4 is 5.73 Å². The maximum atomic E-state index is 13.4. The summed E-state index contributed by atoms with van der Waals surface area (Å²) in [6, 6.07) is 3.82. The largest absolute Gasteiger partial charge is 0.395 e. The number of hydrogen-bond acceptors (Lipinski definition) is 4. The SMILES string of the molecule is COCCN(CCO)C(=O)c1cc(F)ccc1C#CCN. The summed E-state index contributed by atoms with van der Waals surface area (Å²) >= 11 is 0. The molecule has 5 nitrogen and oxygen atoms in total. The summed E-state index contributed by atoms with van der Waals surface area (Å²) < 4.78 is 18.3. The predicted octanol–water partition coefficient (Wildman–Crippen LogP) is 0.217. The molecular weight excluding hydrogens is 275 g/mol. The average Bonchev–Trinajstić information content (AvgIpc) is 2.49. The van der Waals surface area contributed by atoms with E-state index in [0.717, 1.165) is 6.07 Å². The molecule has 0 heterocycles. The van der Waals surface area contributed by atoms with E-state index >= 15 is 0 Å². The predicted molar refractivity (Wildman–Crippen MR) is 77.2 cm³/mol. The van der Waals surface area contributed by atoms with E-state index in [9.17, 15) is 9.18 Å². The Labute approximate surface area is 123 Å². The van der Waals surface area contributed by atoms with E-state index in [1.165, 1.54) is 24.1 Å². The minimum atomic E-state index is -0.521. The molecule has 0 radical (unpaired) electrons. The van der Waals surface area contributed by atoms with E-state index in [0.29, 0.717) is 18.7 Å². The minimum absolute atomic E-state index is 0.141. The number of nitrogens with two attached hydrogens (primary N) is 1. The third kappa shape index (κ3) is 5.16. The number of hydrogen-bond donors (Lipinski definition) is 2. The third-order valence-corrected chi connectivity index (χ3v) is 2.76. The normalized spacial score (nSPS) is 9.90. The first kappa shape index (κ1) is 17.1. The Morgan fingerprint density at radius 1 is 1.48 bits per heavy atom.